The van der Waals surface area contributed by atoms with Gasteiger partial charge in [-0.15, -0.1) is 11.3 Å². The maximum Gasteiger partial charge on any atom is 0.272 e. The molecule has 0 atom stereocenters. The zero-order chi connectivity index (χ0) is 15.6. The van der Waals surface area contributed by atoms with Crippen molar-refractivity contribution in [1.82, 2.24) is 0 Å². The van der Waals surface area contributed by atoms with E-state index in [2.05, 4.69) is 20.7 Å². The molecule has 0 fully saturated rings. The monoisotopic (exact) mass is 392 g/mol. The number of methoxy groups -OCH3 is 1. The van der Waals surface area contributed by atoms with Crippen LogP contribution in [0.1, 0.15) is 0 Å². The van der Waals surface area contributed by atoms with Crippen LogP contribution in [0.3, 0.4) is 0 Å². The quantitative estimate of drug-likeness (QED) is 0.621. The van der Waals surface area contributed by atoms with Crippen LogP contribution in [0.25, 0.3) is 0 Å². The van der Waals surface area contributed by atoms with Crippen LogP contribution in [0.2, 0.25) is 0 Å². The van der Waals surface area contributed by atoms with Gasteiger partial charge in [0.05, 0.1) is 17.7 Å². The summed E-state index contributed by atoms with van der Waals surface area (Å²) < 4.78 is 32.4. The van der Waals surface area contributed by atoms with Crippen molar-refractivity contribution in [3.8, 4) is 5.75 Å². The number of rotatable bonds is 5. The first kappa shape index (κ1) is 15.7. The van der Waals surface area contributed by atoms with E-state index in [1.54, 1.807) is 11.4 Å². The Balaban J connectivity index is 2.45. The second-order valence-corrected chi connectivity index (χ2v) is 7.45. The fourth-order valence-electron chi connectivity index (χ4n) is 1.55. The smallest absolute Gasteiger partial charge is 0.272 e. The Labute approximate surface area is 132 Å². The lowest BCUT2D eigenvalue weighted by atomic mass is 10.2. The number of sulfonamides is 1. The maximum absolute atomic E-state index is 12.3. The number of halogens is 1. The number of nitrogens with zero attached hydrogens (tertiary/aromatic N) is 1. The van der Waals surface area contributed by atoms with Crippen molar-refractivity contribution in [1.29, 1.82) is 0 Å². The second kappa shape index (κ2) is 6.00. The molecule has 7 nitrogen and oxygen atoms in total. The van der Waals surface area contributed by atoms with Crippen LogP contribution < -0.4 is 9.46 Å². The Kier molecular flexibility index (Phi) is 4.49. The van der Waals surface area contributed by atoms with Gasteiger partial charge in [0.15, 0.2) is 4.21 Å². The molecule has 2 aromatic rings. The predicted octanol–water partition coefficient (Wildman–Crippen LogP) is 3.23. The Hall–Kier alpha value is -1.65. The van der Waals surface area contributed by atoms with E-state index in [4.69, 9.17) is 4.74 Å². The van der Waals surface area contributed by atoms with Crippen molar-refractivity contribution in [3.63, 3.8) is 0 Å². The van der Waals surface area contributed by atoms with Crippen molar-refractivity contribution < 1.29 is 18.1 Å². The highest BCUT2D eigenvalue weighted by Gasteiger charge is 2.22. The van der Waals surface area contributed by atoms with E-state index in [9.17, 15) is 18.5 Å². The van der Waals surface area contributed by atoms with Crippen LogP contribution in [0, 0.1) is 10.1 Å². The molecule has 0 saturated heterocycles. The summed E-state index contributed by atoms with van der Waals surface area (Å²) in [6, 6.07) is 5.28. The van der Waals surface area contributed by atoms with E-state index in [0.717, 1.165) is 17.4 Å². The van der Waals surface area contributed by atoms with Crippen LogP contribution in [0.5, 0.6) is 5.75 Å². The number of hydrogen-bond acceptors (Lipinski definition) is 6. The number of hydrogen-bond donors (Lipinski definition) is 1. The molecule has 0 saturated carbocycles. The number of benzene rings is 1. The molecule has 0 amide bonds. The number of thiophene rings is 1. The zero-order valence-electron chi connectivity index (χ0n) is 10.6. The number of anilines is 1. The van der Waals surface area contributed by atoms with Gasteiger partial charge in [0, 0.05) is 16.6 Å². The summed E-state index contributed by atoms with van der Waals surface area (Å²) in [5.41, 5.74) is -0.231. The van der Waals surface area contributed by atoms with Crippen LogP contribution in [-0.2, 0) is 10.0 Å². The van der Waals surface area contributed by atoms with E-state index >= 15 is 0 Å². The van der Waals surface area contributed by atoms with Gasteiger partial charge >= 0.3 is 0 Å². The van der Waals surface area contributed by atoms with Crippen LogP contribution in [0.15, 0.2) is 38.3 Å². The Bertz CT molecular complexity index is 788. The van der Waals surface area contributed by atoms with E-state index in [1.807, 2.05) is 0 Å². The standard InChI is InChI=1S/C11H9BrN2O5S2/c1-19-10-3-2-7(14(15)16)6-9(10)13-21(17,18)11-8(12)4-5-20-11/h2-6,13H,1H3. The lowest BCUT2D eigenvalue weighted by Gasteiger charge is -2.11. The molecule has 0 bridgehead atoms. The fourth-order valence-corrected chi connectivity index (χ4v) is 4.95. The Morgan fingerprint density at radius 3 is 2.62 bits per heavy atom. The summed E-state index contributed by atoms with van der Waals surface area (Å²) in [7, 11) is -2.51. The molecule has 0 aliphatic heterocycles. The second-order valence-electron chi connectivity index (χ2n) is 3.80. The van der Waals surface area contributed by atoms with Crippen molar-refractivity contribution in [3.05, 3.63) is 44.2 Å². The van der Waals surface area contributed by atoms with Crippen molar-refractivity contribution in [2.24, 2.45) is 0 Å². The van der Waals surface area contributed by atoms with Crippen LogP contribution >= 0.6 is 27.3 Å². The molecule has 1 heterocycles. The van der Waals surface area contributed by atoms with Crippen LogP contribution in [-0.4, -0.2) is 20.5 Å². The third-order valence-electron chi connectivity index (χ3n) is 2.47. The van der Waals surface area contributed by atoms with Gasteiger partial charge in [-0.1, -0.05) is 0 Å². The molecule has 0 aliphatic carbocycles. The van der Waals surface area contributed by atoms with Crippen molar-refractivity contribution >= 4 is 48.7 Å². The number of nitro benzene ring substituents is 1. The summed E-state index contributed by atoms with van der Waals surface area (Å²) in [6.45, 7) is 0. The average molecular weight is 393 g/mol. The highest BCUT2D eigenvalue weighted by Crippen LogP contribution is 2.34. The van der Waals surface area contributed by atoms with Crippen molar-refractivity contribution in [2.75, 3.05) is 11.8 Å². The van der Waals surface area contributed by atoms with Crippen molar-refractivity contribution in [2.45, 2.75) is 4.21 Å². The van der Waals surface area contributed by atoms with E-state index < -0.39 is 14.9 Å². The van der Waals surface area contributed by atoms with Gasteiger partial charge in [0.1, 0.15) is 5.75 Å². The summed E-state index contributed by atoms with van der Waals surface area (Å²) >= 11 is 4.17. The third kappa shape index (κ3) is 3.34. The van der Waals surface area contributed by atoms with Gasteiger partial charge in [-0.3, -0.25) is 14.8 Å². The molecule has 0 radical (unpaired) electrons. The first-order valence-corrected chi connectivity index (χ1v) is 8.59. The molecule has 21 heavy (non-hydrogen) atoms. The minimum Gasteiger partial charge on any atom is -0.495 e. The first-order valence-electron chi connectivity index (χ1n) is 5.43. The lowest BCUT2D eigenvalue weighted by molar-refractivity contribution is -0.384. The average Bonchev–Trinajstić information content (AvgIpc) is 2.85. The normalized spacial score (nSPS) is 11.1. The molecule has 1 aromatic carbocycles. The Morgan fingerprint density at radius 1 is 1.38 bits per heavy atom. The van der Waals surface area contributed by atoms with Gasteiger partial charge in [-0.25, -0.2) is 8.42 Å². The van der Waals surface area contributed by atoms with E-state index in [0.29, 0.717) is 4.47 Å². The molecule has 10 heteroatoms. The summed E-state index contributed by atoms with van der Waals surface area (Å²) in [6.07, 6.45) is 0. The number of nitro groups is 1. The fraction of sp³-hybridized carbons (Fsp3) is 0.0909. The topological polar surface area (TPSA) is 98.5 Å². The van der Waals surface area contributed by atoms with Gasteiger partial charge in [0.25, 0.3) is 15.7 Å². The zero-order valence-corrected chi connectivity index (χ0v) is 13.8. The van der Waals surface area contributed by atoms with Gasteiger partial charge in [0.2, 0.25) is 0 Å². The van der Waals surface area contributed by atoms with Gasteiger partial charge in [-0.05, 0) is 33.4 Å². The van der Waals surface area contributed by atoms with E-state index in [-0.39, 0.29) is 21.3 Å². The number of non-ortho nitro benzene ring substituents is 1. The number of ether oxygens (including phenoxy) is 1. The third-order valence-corrected chi connectivity index (χ3v) is 6.50. The Morgan fingerprint density at radius 2 is 2.10 bits per heavy atom. The molecule has 2 rings (SSSR count). The summed E-state index contributed by atoms with van der Waals surface area (Å²) in [4.78, 5) is 10.2. The van der Waals surface area contributed by atoms with Gasteiger partial charge < -0.3 is 4.74 Å². The van der Waals surface area contributed by atoms with E-state index in [1.165, 1.54) is 19.2 Å². The number of nitrogens with one attached hydrogen (secondary N) is 1. The van der Waals surface area contributed by atoms with Gasteiger partial charge in [-0.2, -0.15) is 0 Å². The predicted molar refractivity (Wildman–Crippen MR) is 82.5 cm³/mol. The molecule has 112 valence electrons. The molecular weight excluding hydrogens is 384 g/mol. The summed E-state index contributed by atoms with van der Waals surface area (Å²) in [5, 5.41) is 12.4. The summed E-state index contributed by atoms with van der Waals surface area (Å²) in [5.74, 6) is 0.192. The molecule has 1 aromatic heterocycles. The highest BCUT2D eigenvalue weighted by atomic mass is 79.9. The minimum atomic E-state index is -3.86. The highest BCUT2D eigenvalue weighted by molar-refractivity contribution is 9.10. The molecular formula is C11H9BrN2O5S2. The molecule has 0 aliphatic rings. The molecule has 1 N–H and O–H groups in total. The first-order chi connectivity index (χ1) is 9.85. The minimum absolute atomic E-state index is 0.00648. The maximum atomic E-state index is 12.3. The lowest BCUT2D eigenvalue weighted by Crippen LogP contribution is -2.13. The SMILES string of the molecule is COc1ccc([N+](=O)[O-])cc1NS(=O)(=O)c1sccc1Br. The largest absolute Gasteiger partial charge is 0.495 e. The van der Waals surface area contributed by atoms with Crippen LogP contribution in [0.4, 0.5) is 11.4 Å². The molecule has 0 unspecified atom stereocenters. The molecule has 0 spiro atoms.